The van der Waals surface area contributed by atoms with E-state index in [1.54, 1.807) is 13.2 Å². The lowest BCUT2D eigenvalue weighted by Gasteiger charge is -2.17. The molecule has 7 heteroatoms. The Morgan fingerprint density at radius 3 is 2.25 bits per heavy atom. The molecule has 0 aliphatic carbocycles. The van der Waals surface area contributed by atoms with E-state index in [-0.39, 0.29) is 6.42 Å². The molecule has 1 heterocycles. The van der Waals surface area contributed by atoms with E-state index < -0.39 is 23.6 Å². The minimum Gasteiger partial charge on any atom is -0.363 e. The number of amides is 2. The van der Waals surface area contributed by atoms with Crippen molar-refractivity contribution in [3.05, 3.63) is 78.1 Å². The number of Topliss-reactive ketones (excluding diaryl/α,β-unsaturated/α-hetero) is 1. The van der Waals surface area contributed by atoms with Crippen LogP contribution in [0.25, 0.3) is 11.1 Å². The number of nitrogens with one attached hydrogen (secondary N) is 1. The van der Waals surface area contributed by atoms with Crippen molar-refractivity contribution in [3.8, 4) is 11.1 Å². The van der Waals surface area contributed by atoms with Crippen molar-refractivity contribution in [1.29, 1.82) is 0 Å². The summed E-state index contributed by atoms with van der Waals surface area (Å²) in [6.07, 6.45) is 1.75. The van der Waals surface area contributed by atoms with Crippen LogP contribution >= 0.6 is 0 Å². The molecule has 3 N–H and O–H groups in total. The third-order valence-corrected chi connectivity index (χ3v) is 4.39. The first-order chi connectivity index (χ1) is 13.5. The SMILES string of the molecule is Cn1ncc(-c2ccccc2)c1C(=O)NC(Cc1ccccc1)C(=O)C(N)=O. The Hall–Kier alpha value is -3.74. The zero-order valence-electron chi connectivity index (χ0n) is 15.3. The van der Waals surface area contributed by atoms with Gasteiger partial charge >= 0.3 is 0 Å². The molecule has 1 aromatic heterocycles. The molecular weight excluding hydrogens is 356 g/mol. The Kier molecular flexibility index (Phi) is 5.64. The molecule has 7 nitrogen and oxygen atoms in total. The quantitative estimate of drug-likeness (QED) is 0.609. The number of carbonyl (C=O) groups is 3. The van der Waals surface area contributed by atoms with Crippen LogP contribution in [0.3, 0.4) is 0 Å². The van der Waals surface area contributed by atoms with Crippen LogP contribution in [0, 0.1) is 0 Å². The van der Waals surface area contributed by atoms with Gasteiger partial charge in [-0.25, -0.2) is 0 Å². The molecular formula is C21H20N4O3. The number of carbonyl (C=O) groups excluding carboxylic acids is 3. The van der Waals surface area contributed by atoms with Crippen LogP contribution in [-0.2, 0) is 23.1 Å². The Bertz CT molecular complexity index is 997. The van der Waals surface area contributed by atoms with Gasteiger partial charge in [0.2, 0.25) is 5.78 Å². The molecule has 0 fully saturated rings. The molecule has 0 saturated carbocycles. The normalized spacial score (nSPS) is 11.6. The number of nitrogens with zero attached hydrogens (tertiary/aromatic N) is 2. The highest BCUT2D eigenvalue weighted by molar-refractivity contribution is 6.38. The predicted molar refractivity (Wildman–Crippen MR) is 104 cm³/mol. The van der Waals surface area contributed by atoms with Crippen molar-refractivity contribution in [2.45, 2.75) is 12.5 Å². The van der Waals surface area contributed by atoms with Gasteiger partial charge in [-0.1, -0.05) is 60.7 Å². The first kappa shape index (κ1) is 19.0. The summed E-state index contributed by atoms with van der Waals surface area (Å²) in [4.78, 5) is 36.7. The molecule has 28 heavy (non-hydrogen) atoms. The van der Waals surface area contributed by atoms with Gasteiger partial charge in [0.15, 0.2) is 0 Å². The number of rotatable bonds is 7. The van der Waals surface area contributed by atoms with Crippen LogP contribution in [0.4, 0.5) is 0 Å². The highest BCUT2D eigenvalue weighted by atomic mass is 16.2. The summed E-state index contributed by atoms with van der Waals surface area (Å²) in [7, 11) is 1.64. The summed E-state index contributed by atoms with van der Waals surface area (Å²) < 4.78 is 1.44. The highest BCUT2D eigenvalue weighted by Gasteiger charge is 2.28. The summed E-state index contributed by atoms with van der Waals surface area (Å²) in [5.41, 5.74) is 7.72. The average molecular weight is 376 g/mol. The van der Waals surface area contributed by atoms with E-state index in [2.05, 4.69) is 10.4 Å². The second-order valence-electron chi connectivity index (χ2n) is 6.34. The van der Waals surface area contributed by atoms with E-state index >= 15 is 0 Å². The zero-order valence-corrected chi connectivity index (χ0v) is 15.3. The van der Waals surface area contributed by atoms with E-state index in [4.69, 9.17) is 5.73 Å². The summed E-state index contributed by atoms with van der Waals surface area (Å²) in [6.45, 7) is 0. The van der Waals surface area contributed by atoms with Crippen molar-refractivity contribution in [3.63, 3.8) is 0 Å². The van der Waals surface area contributed by atoms with E-state index in [0.717, 1.165) is 11.1 Å². The first-order valence-electron chi connectivity index (χ1n) is 8.73. The Morgan fingerprint density at radius 1 is 1.04 bits per heavy atom. The van der Waals surface area contributed by atoms with E-state index in [1.807, 2.05) is 60.7 Å². The maximum Gasteiger partial charge on any atom is 0.287 e. The van der Waals surface area contributed by atoms with Crippen molar-refractivity contribution >= 4 is 17.6 Å². The third-order valence-electron chi connectivity index (χ3n) is 4.39. The number of hydrogen-bond donors (Lipinski definition) is 2. The first-order valence-corrected chi connectivity index (χ1v) is 8.73. The maximum atomic E-state index is 13.0. The van der Waals surface area contributed by atoms with Crippen LogP contribution in [-0.4, -0.2) is 33.4 Å². The summed E-state index contributed by atoms with van der Waals surface area (Å²) in [6, 6.07) is 17.4. The molecule has 142 valence electrons. The van der Waals surface area contributed by atoms with Crippen LogP contribution in [0.1, 0.15) is 16.1 Å². The lowest BCUT2D eigenvalue weighted by molar-refractivity contribution is -0.137. The van der Waals surface area contributed by atoms with Crippen molar-refractivity contribution < 1.29 is 14.4 Å². The molecule has 3 rings (SSSR count). The molecule has 0 saturated heterocycles. The minimum atomic E-state index is -1.09. The number of benzene rings is 2. The highest BCUT2D eigenvalue weighted by Crippen LogP contribution is 2.23. The lowest BCUT2D eigenvalue weighted by atomic mass is 10.0. The fourth-order valence-electron chi connectivity index (χ4n) is 2.99. The van der Waals surface area contributed by atoms with Gasteiger partial charge in [0.05, 0.1) is 6.20 Å². The fraction of sp³-hybridized carbons (Fsp3) is 0.143. The Morgan fingerprint density at radius 2 is 1.64 bits per heavy atom. The Labute approximate surface area is 162 Å². The molecule has 2 aromatic carbocycles. The van der Waals surface area contributed by atoms with Crippen LogP contribution < -0.4 is 11.1 Å². The van der Waals surface area contributed by atoms with E-state index in [0.29, 0.717) is 11.3 Å². The smallest absolute Gasteiger partial charge is 0.287 e. The van der Waals surface area contributed by atoms with E-state index in [9.17, 15) is 14.4 Å². The number of aryl methyl sites for hydroxylation is 1. The number of nitrogens with two attached hydrogens (primary N) is 1. The van der Waals surface area contributed by atoms with Crippen molar-refractivity contribution in [1.82, 2.24) is 15.1 Å². The van der Waals surface area contributed by atoms with Crippen LogP contribution in [0.15, 0.2) is 66.9 Å². The van der Waals surface area contributed by atoms with Crippen LogP contribution in [0.5, 0.6) is 0 Å². The van der Waals surface area contributed by atoms with Gasteiger partial charge in [0.25, 0.3) is 11.8 Å². The number of aromatic nitrogens is 2. The van der Waals surface area contributed by atoms with Crippen LogP contribution in [0.2, 0.25) is 0 Å². The number of ketones is 1. The molecule has 0 aliphatic heterocycles. The molecule has 1 unspecified atom stereocenters. The molecule has 1 atom stereocenters. The maximum absolute atomic E-state index is 13.0. The largest absolute Gasteiger partial charge is 0.363 e. The summed E-state index contributed by atoms with van der Waals surface area (Å²) in [5.74, 6) is -2.44. The summed E-state index contributed by atoms with van der Waals surface area (Å²) in [5, 5.41) is 6.81. The van der Waals surface area contributed by atoms with Gasteiger partial charge in [-0.3, -0.25) is 19.1 Å². The number of primary amides is 1. The van der Waals surface area contributed by atoms with Gasteiger partial charge in [-0.05, 0) is 11.1 Å². The Balaban J connectivity index is 1.89. The van der Waals surface area contributed by atoms with Crippen molar-refractivity contribution in [2.75, 3.05) is 0 Å². The van der Waals surface area contributed by atoms with Gasteiger partial charge < -0.3 is 11.1 Å². The van der Waals surface area contributed by atoms with Gasteiger partial charge in [0.1, 0.15) is 11.7 Å². The number of hydrogen-bond acceptors (Lipinski definition) is 4. The monoisotopic (exact) mass is 376 g/mol. The minimum absolute atomic E-state index is 0.160. The predicted octanol–water partition coefficient (Wildman–Crippen LogP) is 1.48. The summed E-state index contributed by atoms with van der Waals surface area (Å²) >= 11 is 0. The average Bonchev–Trinajstić information content (AvgIpc) is 3.10. The standard InChI is InChI=1S/C21H20N4O3/c1-25-18(16(13-23-25)15-10-6-3-7-11-15)21(28)24-17(19(26)20(22)27)12-14-8-4-2-5-9-14/h2-11,13,17H,12H2,1H3,(H2,22,27)(H,24,28). The second kappa shape index (κ2) is 8.30. The lowest BCUT2D eigenvalue weighted by Crippen LogP contribution is -2.47. The molecule has 0 radical (unpaired) electrons. The van der Waals surface area contributed by atoms with Gasteiger partial charge in [-0.15, -0.1) is 0 Å². The molecule has 2 amide bonds. The van der Waals surface area contributed by atoms with Gasteiger partial charge in [0, 0.05) is 19.0 Å². The zero-order chi connectivity index (χ0) is 20.1. The second-order valence-corrected chi connectivity index (χ2v) is 6.34. The molecule has 0 aliphatic rings. The van der Waals surface area contributed by atoms with Crippen molar-refractivity contribution in [2.24, 2.45) is 12.8 Å². The molecule has 0 bridgehead atoms. The van der Waals surface area contributed by atoms with Gasteiger partial charge in [-0.2, -0.15) is 5.10 Å². The topological polar surface area (TPSA) is 107 Å². The fourth-order valence-corrected chi connectivity index (χ4v) is 2.99. The van der Waals surface area contributed by atoms with E-state index in [1.165, 1.54) is 4.68 Å². The third kappa shape index (κ3) is 4.15. The molecule has 3 aromatic rings. The molecule has 0 spiro atoms.